The number of nitrogens with one attached hydrogen (secondary N) is 1. The molecule has 1 N–H and O–H groups in total. The first-order valence-electron chi connectivity index (χ1n) is 4.36. The van der Waals surface area contributed by atoms with Gasteiger partial charge in [-0.25, -0.2) is 0 Å². The molecule has 6 heteroatoms. The molecule has 0 bridgehead atoms. The van der Waals surface area contributed by atoms with E-state index in [1.54, 1.807) is 6.07 Å². The number of alkyl halides is 3. The molecule has 0 saturated carbocycles. The van der Waals surface area contributed by atoms with Gasteiger partial charge < -0.3 is 0 Å². The highest BCUT2D eigenvalue weighted by Crippen LogP contribution is 2.36. The normalized spacial score (nSPS) is 11.8. The third kappa shape index (κ3) is 2.11. The Kier molecular flexibility index (Phi) is 2.75. The number of nitrogens with zero attached hydrogens (tertiary/aromatic N) is 1. The van der Waals surface area contributed by atoms with Gasteiger partial charge in [-0.3, -0.25) is 5.10 Å². The van der Waals surface area contributed by atoms with Crippen molar-refractivity contribution < 1.29 is 13.2 Å². The number of H-pyrrole nitrogens is 1. The monoisotopic (exact) mass is 290 g/mol. The summed E-state index contributed by atoms with van der Waals surface area (Å²) in [7, 11) is 0. The Bertz CT molecular complexity index is 505. The molecule has 2 nitrogen and oxygen atoms in total. The Balaban J connectivity index is 2.57. The van der Waals surface area contributed by atoms with Crippen LogP contribution in [0.2, 0.25) is 0 Å². The summed E-state index contributed by atoms with van der Waals surface area (Å²) >= 11 is 3.11. The number of aromatic nitrogens is 2. The smallest absolute Gasteiger partial charge is 0.271 e. The summed E-state index contributed by atoms with van der Waals surface area (Å²) in [6.45, 7) is 0. The van der Waals surface area contributed by atoms with Crippen LogP contribution in [-0.2, 0) is 6.18 Å². The molecule has 84 valence electrons. The minimum absolute atomic E-state index is 0.0666. The maximum Gasteiger partial charge on any atom is 0.417 e. The standard InChI is InChI=1S/C10H6BrF3N2/c11-9-5-8(15-16-9)6-3-1-2-4-7(6)10(12,13)14/h1-5H,(H,15,16). The van der Waals surface area contributed by atoms with Gasteiger partial charge >= 0.3 is 6.18 Å². The van der Waals surface area contributed by atoms with Crippen LogP contribution in [0.4, 0.5) is 13.2 Å². The van der Waals surface area contributed by atoms with Gasteiger partial charge in [0.2, 0.25) is 0 Å². The van der Waals surface area contributed by atoms with Crippen LogP contribution in [0.1, 0.15) is 5.56 Å². The van der Waals surface area contributed by atoms with E-state index in [4.69, 9.17) is 0 Å². The maximum atomic E-state index is 12.7. The van der Waals surface area contributed by atoms with E-state index in [1.807, 2.05) is 0 Å². The molecule has 0 aliphatic rings. The molecule has 0 unspecified atom stereocenters. The van der Waals surface area contributed by atoms with Crippen molar-refractivity contribution in [2.45, 2.75) is 6.18 Å². The molecule has 0 radical (unpaired) electrons. The van der Waals surface area contributed by atoms with E-state index in [-0.39, 0.29) is 11.3 Å². The van der Waals surface area contributed by atoms with Gasteiger partial charge in [0.1, 0.15) is 4.60 Å². The molecule has 0 saturated heterocycles. The van der Waals surface area contributed by atoms with Crippen molar-refractivity contribution in [3.8, 4) is 11.3 Å². The van der Waals surface area contributed by atoms with E-state index in [0.717, 1.165) is 6.07 Å². The molecule has 0 aliphatic carbocycles. The van der Waals surface area contributed by atoms with Crippen LogP contribution in [0, 0.1) is 0 Å². The van der Waals surface area contributed by atoms with Crippen molar-refractivity contribution in [2.75, 3.05) is 0 Å². The summed E-state index contributed by atoms with van der Waals surface area (Å²) in [6, 6.07) is 6.84. The van der Waals surface area contributed by atoms with Crippen molar-refractivity contribution >= 4 is 15.9 Å². The number of hydrogen-bond acceptors (Lipinski definition) is 1. The minimum atomic E-state index is -4.37. The van der Waals surface area contributed by atoms with Gasteiger partial charge in [0, 0.05) is 5.56 Å². The molecule has 0 atom stereocenters. The third-order valence-electron chi connectivity index (χ3n) is 2.06. The van der Waals surface area contributed by atoms with Crippen LogP contribution >= 0.6 is 15.9 Å². The second kappa shape index (κ2) is 3.93. The molecule has 0 aliphatic heterocycles. The highest BCUT2D eigenvalue weighted by atomic mass is 79.9. The molecule has 0 fully saturated rings. The number of halogens is 4. The van der Waals surface area contributed by atoms with Gasteiger partial charge in [-0.2, -0.15) is 18.3 Å². The van der Waals surface area contributed by atoms with Crippen molar-refractivity contribution in [3.05, 3.63) is 40.5 Å². The zero-order valence-corrected chi connectivity index (χ0v) is 9.43. The van der Waals surface area contributed by atoms with Crippen LogP contribution in [0.5, 0.6) is 0 Å². The largest absolute Gasteiger partial charge is 0.417 e. The zero-order chi connectivity index (χ0) is 11.8. The molecule has 2 rings (SSSR count). The molecule has 1 aromatic heterocycles. The highest BCUT2D eigenvalue weighted by molar-refractivity contribution is 9.10. The van der Waals surface area contributed by atoms with Crippen LogP contribution in [0.3, 0.4) is 0 Å². The summed E-state index contributed by atoms with van der Waals surface area (Å²) < 4.78 is 38.6. The number of aromatic amines is 1. The van der Waals surface area contributed by atoms with Crippen LogP contribution in [0.25, 0.3) is 11.3 Å². The predicted molar refractivity (Wildman–Crippen MR) is 56.7 cm³/mol. The summed E-state index contributed by atoms with van der Waals surface area (Å²) in [4.78, 5) is 0. The van der Waals surface area contributed by atoms with E-state index in [9.17, 15) is 13.2 Å². The molecular formula is C10H6BrF3N2. The van der Waals surface area contributed by atoms with Crippen LogP contribution < -0.4 is 0 Å². The van der Waals surface area contributed by atoms with Crippen molar-refractivity contribution in [2.24, 2.45) is 0 Å². The Morgan fingerprint density at radius 3 is 2.44 bits per heavy atom. The molecule has 1 aromatic carbocycles. The average Bonchev–Trinajstić information content (AvgIpc) is 2.64. The zero-order valence-electron chi connectivity index (χ0n) is 7.85. The van der Waals surface area contributed by atoms with Crippen molar-refractivity contribution in [1.82, 2.24) is 10.2 Å². The number of benzene rings is 1. The molecule has 1 heterocycles. The lowest BCUT2D eigenvalue weighted by Gasteiger charge is -2.10. The molecular weight excluding hydrogens is 285 g/mol. The number of rotatable bonds is 1. The Labute approximate surface area is 97.6 Å². The summed E-state index contributed by atoms with van der Waals surface area (Å²) in [5, 5.41) is 6.33. The second-order valence-electron chi connectivity index (χ2n) is 3.14. The van der Waals surface area contributed by atoms with E-state index >= 15 is 0 Å². The van der Waals surface area contributed by atoms with Crippen LogP contribution in [-0.4, -0.2) is 10.2 Å². The van der Waals surface area contributed by atoms with Crippen LogP contribution in [0.15, 0.2) is 34.9 Å². The topological polar surface area (TPSA) is 28.7 Å². The molecule has 2 aromatic rings. The van der Waals surface area contributed by atoms with E-state index < -0.39 is 11.7 Å². The van der Waals surface area contributed by atoms with E-state index in [1.165, 1.54) is 18.2 Å². The molecule has 0 spiro atoms. The minimum Gasteiger partial charge on any atom is -0.271 e. The Morgan fingerprint density at radius 1 is 1.19 bits per heavy atom. The predicted octanol–water partition coefficient (Wildman–Crippen LogP) is 3.86. The van der Waals surface area contributed by atoms with E-state index in [0.29, 0.717) is 4.60 Å². The first-order chi connectivity index (χ1) is 7.48. The molecule has 0 amide bonds. The Morgan fingerprint density at radius 2 is 1.88 bits per heavy atom. The summed E-state index contributed by atoms with van der Waals surface area (Å²) in [5.74, 6) is 0. The van der Waals surface area contributed by atoms with Gasteiger partial charge in [-0.05, 0) is 28.1 Å². The number of hydrogen-bond donors (Lipinski definition) is 1. The fourth-order valence-electron chi connectivity index (χ4n) is 1.39. The third-order valence-corrected chi connectivity index (χ3v) is 2.46. The first-order valence-corrected chi connectivity index (χ1v) is 5.15. The molecule has 16 heavy (non-hydrogen) atoms. The average molecular weight is 291 g/mol. The Hall–Kier alpha value is -1.30. The summed E-state index contributed by atoms with van der Waals surface area (Å²) in [5.41, 5.74) is -0.356. The van der Waals surface area contributed by atoms with E-state index in [2.05, 4.69) is 26.1 Å². The SMILES string of the molecule is FC(F)(F)c1ccccc1-c1cc(Br)[nH]n1. The lowest BCUT2D eigenvalue weighted by molar-refractivity contribution is -0.137. The van der Waals surface area contributed by atoms with Gasteiger partial charge in [-0.15, -0.1) is 0 Å². The van der Waals surface area contributed by atoms with Gasteiger partial charge in [0.05, 0.1) is 11.3 Å². The fourth-order valence-corrected chi connectivity index (χ4v) is 1.70. The highest BCUT2D eigenvalue weighted by Gasteiger charge is 2.33. The lowest BCUT2D eigenvalue weighted by Crippen LogP contribution is -2.06. The van der Waals surface area contributed by atoms with Gasteiger partial charge in [-0.1, -0.05) is 18.2 Å². The van der Waals surface area contributed by atoms with Crippen molar-refractivity contribution in [3.63, 3.8) is 0 Å². The lowest BCUT2D eigenvalue weighted by atomic mass is 10.0. The quantitative estimate of drug-likeness (QED) is 0.849. The fraction of sp³-hybridized carbons (Fsp3) is 0.100. The van der Waals surface area contributed by atoms with Gasteiger partial charge in [0.25, 0.3) is 0 Å². The second-order valence-corrected chi connectivity index (χ2v) is 4.00. The summed E-state index contributed by atoms with van der Waals surface area (Å²) in [6.07, 6.45) is -4.37. The van der Waals surface area contributed by atoms with Crippen molar-refractivity contribution in [1.29, 1.82) is 0 Å². The first kappa shape index (κ1) is 11.2. The maximum absolute atomic E-state index is 12.7. The van der Waals surface area contributed by atoms with Gasteiger partial charge in [0.15, 0.2) is 0 Å².